The van der Waals surface area contributed by atoms with Crippen molar-refractivity contribution in [2.24, 2.45) is 0 Å². The fraction of sp³-hybridized carbons (Fsp3) is 0.538. The van der Waals surface area contributed by atoms with Gasteiger partial charge in [0.25, 0.3) is 5.91 Å². The molecular weight excluding hydrogens is 230 g/mol. The zero-order valence-electron chi connectivity index (χ0n) is 10.6. The lowest BCUT2D eigenvalue weighted by Gasteiger charge is -2.28. The second-order valence-electron chi connectivity index (χ2n) is 5.07. The predicted octanol–water partition coefficient (Wildman–Crippen LogP) is 1.04. The van der Waals surface area contributed by atoms with Gasteiger partial charge in [-0.2, -0.15) is 0 Å². The van der Waals surface area contributed by atoms with Crippen LogP contribution in [0.5, 0.6) is 0 Å². The van der Waals surface area contributed by atoms with Crippen molar-refractivity contribution in [1.82, 2.24) is 9.88 Å². The number of aromatic nitrogens is 1. The van der Waals surface area contributed by atoms with Crippen LogP contribution in [0.15, 0.2) is 18.3 Å². The first-order valence-electron chi connectivity index (χ1n) is 6.20. The summed E-state index contributed by atoms with van der Waals surface area (Å²) in [5.74, 6) is -0.206. The van der Waals surface area contributed by atoms with Gasteiger partial charge in [-0.05, 0) is 25.0 Å². The van der Waals surface area contributed by atoms with E-state index in [0.29, 0.717) is 17.9 Å². The second kappa shape index (κ2) is 4.94. The summed E-state index contributed by atoms with van der Waals surface area (Å²) >= 11 is 0. The van der Waals surface area contributed by atoms with Crippen molar-refractivity contribution >= 4 is 11.6 Å². The van der Waals surface area contributed by atoms with Crippen molar-refractivity contribution in [3.05, 3.63) is 24.0 Å². The number of nitrogen functional groups attached to an aromatic ring is 1. The third-order valence-electron chi connectivity index (χ3n) is 3.42. The molecule has 98 valence electrons. The monoisotopic (exact) mass is 249 g/mol. The topological polar surface area (TPSA) is 79.5 Å². The molecule has 1 aromatic heterocycles. The number of hydrogen-bond donors (Lipinski definition) is 2. The van der Waals surface area contributed by atoms with Crippen LogP contribution in [0.4, 0.5) is 5.69 Å². The van der Waals surface area contributed by atoms with Crippen molar-refractivity contribution in [1.29, 1.82) is 0 Å². The van der Waals surface area contributed by atoms with Crippen molar-refractivity contribution in [2.75, 3.05) is 19.3 Å². The molecule has 0 spiro atoms. The molecule has 0 atom stereocenters. The third kappa shape index (κ3) is 2.79. The van der Waals surface area contributed by atoms with Crippen LogP contribution in [0, 0.1) is 0 Å². The highest BCUT2D eigenvalue weighted by Crippen LogP contribution is 2.30. The molecule has 1 heterocycles. The highest BCUT2D eigenvalue weighted by atomic mass is 16.3. The summed E-state index contributed by atoms with van der Waals surface area (Å²) in [6.45, 7) is 0.350. The van der Waals surface area contributed by atoms with E-state index in [4.69, 9.17) is 5.73 Å². The number of pyridine rings is 1. The Hall–Kier alpha value is -1.62. The zero-order chi connectivity index (χ0) is 13.2. The Morgan fingerprint density at radius 1 is 1.56 bits per heavy atom. The quantitative estimate of drug-likeness (QED) is 0.839. The molecule has 2 rings (SSSR count). The first-order chi connectivity index (χ1) is 8.50. The highest BCUT2D eigenvalue weighted by Gasteiger charge is 2.33. The summed E-state index contributed by atoms with van der Waals surface area (Å²) in [7, 11) is 1.68. The Labute approximate surface area is 107 Å². The minimum Gasteiger partial charge on any atom is -0.399 e. The number of nitrogens with zero attached hydrogens (tertiary/aromatic N) is 2. The third-order valence-corrected chi connectivity index (χ3v) is 3.42. The van der Waals surface area contributed by atoms with Gasteiger partial charge in [0, 0.05) is 25.5 Å². The number of carbonyl (C=O) groups is 1. The molecule has 5 nitrogen and oxygen atoms in total. The summed E-state index contributed by atoms with van der Waals surface area (Å²) in [5, 5.41) is 10.3. The molecule has 0 aromatic carbocycles. The predicted molar refractivity (Wildman–Crippen MR) is 69.0 cm³/mol. The van der Waals surface area contributed by atoms with Crippen LogP contribution in [-0.4, -0.2) is 40.1 Å². The fourth-order valence-electron chi connectivity index (χ4n) is 2.46. The molecule has 18 heavy (non-hydrogen) atoms. The maximum Gasteiger partial charge on any atom is 0.272 e. The van der Waals surface area contributed by atoms with E-state index >= 15 is 0 Å². The number of rotatable bonds is 3. The Morgan fingerprint density at radius 2 is 2.22 bits per heavy atom. The minimum atomic E-state index is -0.731. The van der Waals surface area contributed by atoms with Gasteiger partial charge in [0.15, 0.2) is 0 Å². The van der Waals surface area contributed by atoms with Crippen LogP contribution in [0.1, 0.15) is 36.2 Å². The van der Waals surface area contributed by atoms with Crippen LogP contribution in [-0.2, 0) is 0 Å². The maximum atomic E-state index is 12.1. The molecule has 1 amide bonds. The molecule has 0 radical (unpaired) electrons. The second-order valence-corrected chi connectivity index (χ2v) is 5.07. The zero-order valence-corrected chi connectivity index (χ0v) is 10.6. The minimum absolute atomic E-state index is 0.206. The molecule has 5 heteroatoms. The normalized spacial score (nSPS) is 17.7. The SMILES string of the molecule is CN(CC1(O)CCCC1)C(=O)c1cc(N)ccn1. The number of amides is 1. The van der Waals surface area contributed by atoms with E-state index in [-0.39, 0.29) is 5.91 Å². The Balaban J connectivity index is 2.04. The van der Waals surface area contributed by atoms with E-state index in [9.17, 15) is 9.90 Å². The van der Waals surface area contributed by atoms with Crippen LogP contribution in [0.3, 0.4) is 0 Å². The number of carbonyl (C=O) groups excluding carboxylic acids is 1. The molecule has 1 aliphatic rings. The van der Waals surface area contributed by atoms with Crippen LogP contribution >= 0.6 is 0 Å². The van der Waals surface area contributed by atoms with Gasteiger partial charge >= 0.3 is 0 Å². The summed E-state index contributed by atoms with van der Waals surface area (Å²) in [4.78, 5) is 17.6. The number of hydrogen-bond acceptors (Lipinski definition) is 4. The molecule has 1 aliphatic carbocycles. The highest BCUT2D eigenvalue weighted by molar-refractivity contribution is 5.92. The molecule has 0 bridgehead atoms. The molecule has 0 unspecified atom stereocenters. The molecule has 0 aliphatic heterocycles. The van der Waals surface area contributed by atoms with Gasteiger partial charge < -0.3 is 15.7 Å². The standard InChI is InChI=1S/C13H19N3O2/c1-16(9-13(18)5-2-3-6-13)12(17)11-8-10(14)4-7-15-11/h4,7-8,18H,2-3,5-6,9H2,1H3,(H2,14,15). The van der Waals surface area contributed by atoms with E-state index in [0.717, 1.165) is 25.7 Å². The smallest absolute Gasteiger partial charge is 0.272 e. The van der Waals surface area contributed by atoms with Gasteiger partial charge in [0.2, 0.25) is 0 Å². The van der Waals surface area contributed by atoms with E-state index in [2.05, 4.69) is 4.98 Å². The van der Waals surface area contributed by atoms with Gasteiger partial charge in [-0.25, -0.2) is 0 Å². The van der Waals surface area contributed by atoms with Crippen molar-refractivity contribution < 1.29 is 9.90 Å². The van der Waals surface area contributed by atoms with Crippen LogP contribution in [0.2, 0.25) is 0 Å². The van der Waals surface area contributed by atoms with E-state index in [1.165, 1.54) is 11.1 Å². The van der Waals surface area contributed by atoms with Crippen molar-refractivity contribution in [2.45, 2.75) is 31.3 Å². The van der Waals surface area contributed by atoms with Gasteiger partial charge in [-0.3, -0.25) is 9.78 Å². The van der Waals surface area contributed by atoms with E-state index < -0.39 is 5.60 Å². The number of anilines is 1. The average molecular weight is 249 g/mol. The summed E-state index contributed by atoms with van der Waals surface area (Å²) in [5.41, 5.74) is 5.73. The lowest BCUT2D eigenvalue weighted by atomic mass is 10.0. The number of likely N-dealkylation sites (N-methyl/N-ethyl adjacent to an activating group) is 1. The van der Waals surface area contributed by atoms with E-state index in [1.807, 2.05) is 0 Å². The van der Waals surface area contributed by atoms with Gasteiger partial charge in [0.05, 0.1) is 5.60 Å². The first kappa shape index (κ1) is 12.8. The number of nitrogens with two attached hydrogens (primary N) is 1. The Bertz CT molecular complexity index is 442. The average Bonchev–Trinajstić information content (AvgIpc) is 2.74. The first-order valence-corrected chi connectivity index (χ1v) is 6.20. The fourth-order valence-corrected chi connectivity index (χ4v) is 2.46. The van der Waals surface area contributed by atoms with Crippen molar-refractivity contribution in [3.63, 3.8) is 0 Å². The maximum absolute atomic E-state index is 12.1. The molecule has 1 fully saturated rings. The molecule has 1 aromatic rings. The lowest BCUT2D eigenvalue weighted by molar-refractivity contribution is 0.0155. The van der Waals surface area contributed by atoms with Crippen LogP contribution < -0.4 is 5.73 Å². The molecule has 0 saturated heterocycles. The Kier molecular flexibility index (Phi) is 3.52. The molecular formula is C13H19N3O2. The summed E-state index contributed by atoms with van der Waals surface area (Å²) in [6.07, 6.45) is 5.08. The van der Waals surface area contributed by atoms with Gasteiger partial charge in [0.1, 0.15) is 5.69 Å². The summed E-state index contributed by atoms with van der Waals surface area (Å²) < 4.78 is 0. The molecule has 1 saturated carbocycles. The van der Waals surface area contributed by atoms with Gasteiger partial charge in [-0.1, -0.05) is 12.8 Å². The van der Waals surface area contributed by atoms with E-state index in [1.54, 1.807) is 19.2 Å². The Morgan fingerprint density at radius 3 is 2.83 bits per heavy atom. The van der Waals surface area contributed by atoms with Crippen molar-refractivity contribution in [3.8, 4) is 0 Å². The number of aliphatic hydroxyl groups is 1. The largest absolute Gasteiger partial charge is 0.399 e. The summed E-state index contributed by atoms with van der Waals surface area (Å²) in [6, 6.07) is 3.19. The van der Waals surface area contributed by atoms with Crippen LogP contribution in [0.25, 0.3) is 0 Å². The lowest BCUT2D eigenvalue weighted by Crippen LogP contribution is -2.42. The molecule has 3 N–H and O–H groups in total. The van der Waals surface area contributed by atoms with Gasteiger partial charge in [-0.15, -0.1) is 0 Å².